The molecular formula is C14H25NO. The van der Waals surface area contributed by atoms with E-state index in [0.717, 1.165) is 5.92 Å². The van der Waals surface area contributed by atoms with Crippen molar-refractivity contribution in [2.75, 3.05) is 0 Å². The smallest absolute Gasteiger partial charge is 0.0733 e. The van der Waals surface area contributed by atoms with E-state index in [2.05, 4.69) is 12.2 Å². The van der Waals surface area contributed by atoms with Crippen LogP contribution in [-0.4, -0.2) is 24.3 Å². The molecule has 2 heterocycles. The molecule has 92 valence electrons. The van der Waals surface area contributed by atoms with E-state index in [1.165, 1.54) is 51.4 Å². The molecule has 0 aromatic carbocycles. The van der Waals surface area contributed by atoms with E-state index < -0.39 is 0 Å². The summed E-state index contributed by atoms with van der Waals surface area (Å²) < 4.78 is 5.91. The lowest BCUT2D eigenvalue weighted by molar-refractivity contribution is 0.0943. The van der Waals surface area contributed by atoms with Gasteiger partial charge in [0.15, 0.2) is 0 Å². The highest BCUT2D eigenvalue weighted by atomic mass is 16.5. The van der Waals surface area contributed by atoms with Crippen LogP contribution in [0.3, 0.4) is 0 Å². The molecule has 2 heteroatoms. The van der Waals surface area contributed by atoms with E-state index in [1.807, 2.05) is 0 Å². The van der Waals surface area contributed by atoms with Crippen LogP contribution in [0, 0.1) is 5.92 Å². The zero-order valence-electron chi connectivity index (χ0n) is 10.5. The fourth-order valence-electron chi connectivity index (χ4n) is 3.92. The predicted octanol–water partition coefficient (Wildman–Crippen LogP) is 2.86. The second kappa shape index (κ2) is 4.66. The molecule has 3 rings (SSSR count). The summed E-state index contributed by atoms with van der Waals surface area (Å²) >= 11 is 0. The molecule has 4 atom stereocenters. The van der Waals surface area contributed by atoms with Gasteiger partial charge in [-0.25, -0.2) is 0 Å². The molecule has 2 saturated heterocycles. The fraction of sp³-hybridized carbons (Fsp3) is 1.00. The molecule has 0 radical (unpaired) electrons. The lowest BCUT2D eigenvalue weighted by atomic mass is 9.83. The SMILES string of the molecule is CC(NC1CC2CCC1O2)C1CCCCC1. The van der Waals surface area contributed by atoms with Gasteiger partial charge in [-0.05, 0) is 44.9 Å². The summed E-state index contributed by atoms with van der Waals surface area (Å²) in [5.74, 6) is 0.924. The second-order valence-corrected chi connectivity index (χ2v) is 6.07. The first-order valence-corrected chi connectivity index (χ1v) is 7.24. The summed E-state index contributed by atoms with van der Waals surface area (Å²) in [6.07, 6.45) is 12.2. The summed E-state index contributed by atoms with van der Waals surface area (Å²) in [6, 6.07) is 1.36. The Balaban J connectivity index is 1.50. The maximum absolute atomic E-state index is 5.91. The molecule has 3 fully saturated rings. The number of hydrogen-bond acceptors (Lipinski definition) is 2. The van der Waals surface area contributed by atoms with Gasteiger partial charge in [-0.1, -0.05) is 19.3 Å². The molecule has 16 heavy (non-hydrogen) atoms. The van der Waals surface area contributed by atoms with Gasteiger partial charge in [0.25, 0.3) is 0 Å². The molecule has 0 amide bonds. The minimum absolute atomic E-state index is 0.538. The van der Waals surface area contributed by atoms with Crippen LogP contribution in [0.1, 0.15) is 58.3 Å². The molecule has 0 aromatic heterocycles. The molecule has 1 aliphatic carbocycles. The Hall–Kier alpha value is -0.0800. The van der Waals surface area contributed by atoms with Gasteiger partial charge < -0.3 is 10.1 Å². The number of fused-ring (bicyclic) bond motifs is 2. The zero-order chi connectivity index (χ0) is 11.0. The average Bonchev–Trinajstić information content (AvgIpc) is 2.92. The summed E-state index contributed by atoms with van der Waals surface area (Å²) in [7, 11) is 0. The van der Waals surface area contributed by atoms with Crippen LogP contribution in [0.15, 0.2) is 0 Å². The molecule has 3 aliphatic rings. The second-order valence-electron chi connectivity index (χ2n) is 6.07. The lowest BCUT2D eigenvalue weighted by Crippen LogP contribution is -2.46. The first kappa shape index (κ1) is 11.0. The highest BCUT2D eigenvalue weighted by molar-refractivity contribution is 4.95. The number of hydrogen-bond donors (Lipinski definition) is 1. The van der Waals surface area contributed by atoms with Crippen LogP contribution >= 0.6 is 0 Å². The maximum Gasteiger partial charge on any atom is 0.0733 e. The van der Waals surface area contributed by atoms with Gasteiger partial charge in [0.05, 0.1) is 12.2 Å². The Labute approximate surface area is 99.1 Å². The van der Waals surface area contributed by atoms with Gasteiger partial charge in [-0.2, -0.15) is 0 Å². The van der Waals surface area contributed by atoms with Crippen molar-refractivity contribution in [1.82, 2.24) is 5.32 Å². The van der Waals surface area contributed by atoms with Crippen molar-refractivity contribution < 1.29 is 4.74 Å². The molecule has 1 N–H and O–H groups in total. The number of nitrogens with one attached hydrogen (secondary N) is 1. The molecule has 2 nitrogen and oxygen atoms in total. The maximum atomic E-state index is 5.91. The Morgan fingerprint density at radius 2 is 1.88 bits per heavy atom. The highest BCUT2D eigenvalue weighted by Crippen LogP contribution is 2.35. The average molecular weight is 223 g/mol. The van der Waals surface area contributed by atoms with Gasteiger partial charge in [0.2, 0.25) is 0 Å². The topological polar surface area (TPSA) is 21.3 Å². The van der Waals surface area contributed by atoms with Crippen LogP contribution in [-0.2, 0) is 4.74 Å². The third-order valence-electron chi connectivity index (χ3n) is 4.94. The summed E-state index contributed by atoms with van der Waals surface area (Å²) in [5, 5.41) is 3.85. The first-order valence-electron chi connectivity index (χ1n) is 7.24. The highest BCUT2D eigenvalue weighted by Gasteiger charge is 2.41. The van der Waals surface area contributed by atoms with Gasteiger partial charge in [0, 0.05) is 12.1 Å². The van der Waals surface area contributed by atoms with Crippen LogP contribution in [0.2, 0.25) is 0 Å². The third kappa shape index (κ3) is 2.14. The van der Waals surface area contributed by atoms with Crippen LogP contribution < -0.4 is 5.32 Å². The standard InChI is InChI=1S/C14H25NO/c1-10(11-5-3-2-4-6-11)15-13-9-12-7-8-14(13)16-12/h10-15H,2-9H2,1H3. The van der Waals surface area contributed by atoms with E-state index in [-0.39, 0.29) is 0 Å². The van der Waals surface area contributed by atoms with Crippen molar-refractivity contribution >= 4 is 0 Å². The molecule has 0 spiro atoms. The normalized spacial score (nSPS) is 41.4. The first-order chi connectivity index (χ1) is 7.83. The zero-order valence-corrected chi connectivity index (χ0v) is 10.5. The van der Waals surface area contributed by atoms with Crippen LogP contribution in [0.5, 0.6) is 0 Å². The Kier molecular flexibility index (Phi) is 3.21. The van der Waals surface area contributed by atoms with Gasteiger partial charge in [-0.15, -0.1) is 0 Å². The summed E-state index contributed by atoms with van der Waals surface area (Å²) in [4.78, 5) is 0. The van der Waals surface area contributed by atoms with Crippen LogP contribution in [0.4, 0.5) is 0 Å². The number of rotatable bonds is 3. The molecule has 2 bridgehead atoms. The lowest BCUT2D eigenvalue weighted by Gasteiger charge is -2.32. The van der Waals surface area contributed by atoms with E-state index in [9.17, 15) is 0 Å². The van der Waals surface area contributed by atoms with Gasteiger partial charge in [0.1, 0.15) is 0 Å². The molecule has 1 saturated carbocycles. The Bertz CT molecular complexity index is 237. The van der Waals surface area contributed by atoms with Crippen molar-refractivity contribution in [2.24, 2.45) is 5.92 Å². The predicted molar refractivity (Wildman–Crippen MR) is 65.5 cm³/mol. The van der Waals surface area contributed by atoms with Crippen molar-refractivity contribution in [2.45, 2.75) is 82.6 Å². The van der Waals surface area contributed by atoms with Gasteiger partial charge >= 0.3 is 0 Å². The van der Waals surface area contributed by atoms with Gasteiger partial charge in [-0.3, -0.25) is 0 Å². The Morgan fingerprint density at radius 3 is 2.50 bits per heavy atom. The van der Waals surface area contributed by atoms with E-state index in [4.69, 9.17) is 4.74 Å². The van der Waals surface area contributed by atoms with Crippen LogP contribution in [0.25, 0.3) is 0 Å². The molecule has 0 aromatic rings. The summed E-state index contributed by atoms with van der Waals surface area (Å²) in [5.41, 5.74) is 0. The molecular weight excluding hydrogens is 198 g/mol. The minimum Gasteiger partial charge on any atom is -0.373 e. The van der Waals surface area contributed by atoms with E-state index in [0.29, 0.717) is 24.3 Å². The fourth-order valence-corrected chi connectivity index (χ4v) is 3.92. The Morgan fingerprint density at radius 1 is 1.06 bits per heavy atom. The third-order valence-corrected chi connectivity index (χ3v) is 4.94. The quantitative estimate of drug-likeness (QED) is 0.794. The molecule has 2 aliphatic heterocycles. The van der Waals surface area contributed by atoms with E-state index in [1.54, 1.807) is 0 Å². The van der Waals surface area contributed by atoms with Crippen molar-refractivity contribution in [3.63, 3.8) is 0 Å². The van der Waals surface area contributed by atoms with Crippen molar-refractivity contribution in [3.05, 3.63) is 0 Å². The largest absolute Gasteiger partial charge is 0.373 e. The minimum atomic E-state index is 0.538. The number of ether oxygens (including phenoxy) is 1. The monoisotopic (exact) mass is 223 g/mol. The van der Waals surface area contributed by atoms with E-state index >= 15 is 0 Å². The summed E-state index contributed by atoms with van der Waals surface area (Å²) in [6.45, 7) is 2.39. The van der Waals surface area contributed by atoms with Crippen molar-refractivity contribution in [1.29, 1.82) is 0 Å². The van der Waals surface area contributed by atoms with Crippen molar-refractivity contribution in [3.8, 4) is 0 Å². The molecule has 4 unspecified atom stereocenters.